The third kappa shape index (κ3) is 4.38. The molecule has 2 heterocycles. The number of Topliss-reactive ketones (excluding diaryl/α,β-unsaturated/α-hetero) is 1. The molecule has 5 rings (SSSR count). The fraction of sp³-hybridized carbons (Fsp3) is 0.308. The van der Waals surface area contributed by atoms with Gasteiger partial charge in [0.05, 0.1) is 0 Å². The van der Waals surface area contributed by atoms with E-state index in [0.717, 1.165) is 10.2 Å². The summed E-state index contributed by atoms with van der Waals surface area (Å²) in [5, 5.41) is 9.49. The summed E-state index contributed by atoms with van der Waals surface area (Å²) >= 11 is 0. The van der Waals surface area contributed by atoms with Crippen LogP contribution >= 0.6 is 0 Å². The lowest BCUT2D eigenvalue weighted by Crippen LogP contribution is -2.36. The van der Waals surface area contributed by atoms with E-state index in [1.54, 1.807) is 36.4 Å². The number of allylic oxidation sites excluding steroid dienone is 2. The molecule has 1 aromatic heterocycles. The summed E-state index contributed by atoms with van der Waals surface area (Å²) in [5.74, 6) is -1.85. The van der Waals surface area contributed by atoms with E-state index in [4.69, 9.17) is 0 Å². The zero-order chi connectivity index (χ0) is 25.8. The highest BCUT2D eigenvalue weighted by Gasteiger charge is 2.44. The Morgan fingerprint density at radius 2 is 1.86 bits per heavy atom. The summed E-state index contributed by atoms with van der Waals surface area (Å²) in [6, 6.07) is 12.9. The van der Waals surface area contributed by atoms with Gasteiger partial charge in [-0.05, 0) is 48.6 Å². The normalized spacial score (nSPS) is 18.8. The van der Waals surface area contributed by atoms with Crippen LogP contribution < -0.4 is 10.6 Å². The topological polar surface area (TPSA) is 88.9 Å². The number of benzene rings is 2. The molecule has 2 N–H and O–H groups in total. The molecule has 1 aliphatic carbocycles. The fourth-order valence-corrected chi connectivity index (χ4v) is 4.73. The lowest BCUT2D eigenvalue weighted by atomic mass is 9.73. The molecule has 36 heavy (non-hydrogen) atoms. The van der Waals surface area contributed by atoms with Gasteiger partial charge in [0.15, 0.2) is 5.78 Å². The van der Waals surface area contributed by atoms with Gasteiger partial charge >= 0.3 is 6.18 Å². The third-order valence-electron chi connectivity index (χ3n) is 6.36. The molecule has 186 valence electrons. The summed E-state index contributed by atoms with van der Waals surface area (Å²) in [7, 11) is 0. The minimum atomic E-state index is -4.75. The van der Waals surface area contributed by atoms with Gasteiger partial charge in [0.1, 0.15) is 6.04 Å². The molecule has 0 saturated carbocycles. The van der Waals surface area contributed by atoms with E-state index in [0.29, 0.717) is 34.5 Å². The molecule has 3 aromatic rings. The molecule has 7 nitrogen and oxygen atoms in total. The maximum absolute atomic E-state index is 13.5. The van der Waals surface area contributed by atoms with E-state index in [2.05, 4.69) is 20.7 Å². The summed E-state index contributed by atoms with van der Waals surface area (Å²) in [4.78, 5) is 29.7. The lowest BCUT2D eigenvalue weighted by Gasteiger charge is -2.38. The van der Waals surface area contributed by atoms with Crippen molar-refractivity contribution in [1.29, 1.82) is 0 Å². The van der Waals surface area contributed by atoms with Crippen molar-refractivity contribution in [3.8, 4) is 0 Å². The van der Waals surface area contributed by atoms with E-state index in [-0.39, 0.29) is 29.5 Å². The smallest absolute Gasteiger partial charge is 0.328 e. The standard InChI is InChI=1S/C26H24F3N5O2/c1-14-7-9-15(10-8-14)22(36)30-17-6-4-5-16(11-17)21-20-18(12-25(2,3)13-19(20)35)31-24-32-23(26(27,28)29)33-34(21)24/h4-11,21H,12-13H2,1-3H3,(H,30,36)(H,31,32,33)/t21-/m1/s1. The Kier molecular flexibility index (Phi) is 5.50. The Morgan fingerprint density at radius 1 is 1.14 bits per heavy atom. The number of anilines is 2. The fourth-order valence-electron chi connectivity index (χ4n) is 4.73. The van der Waals surface area contributed by atoms with Gasteiger partial charge < -0.3 is 10.6 Å². The van der Waals surface area contributed by atoms with Crippen molar-refractivity contribution >= 4 is 23.3 Å². The van der Waals surface area contributed by atoms with E-state index in [1.165, 1.54) is 0 Å². The number of ketones is 1. The first kappa shape index (κ1) is 23.8. The zero-order valence-electron chi connectivity index (χ0n) is 19.9. The number of halogens is 3. The third-order valence-corrected chi connectivity index (χ3v) is 6.36. The average Bonchev–Trinajstić information content (AvgIpc) is 3.22. The van der Waals surface area contributed by atoms with Crippen molar-refractivity contribution in [1.82, 2.24) is 14.8 Å². The van der Waals surface area contributed by atoms with Gasteiger partial charge in [-0.2, -0.15) is 18.2 Å². The second-order valence-electron chi connectivity index (χ2n) is 10.0. The number of hydrogen-bond acceptors (Lipinski definition) is 5. The molecule has 2 aromatic carbocycles. The number of amides is 1. The number of nitrogens with one attached hydrogen (secondary N) is 2. The maximum atomic E-state index is 13.5. The van der Waals surface area contributed by atoms with Crippen LogP contribution in [0.4, 0.5) is 24.8 Å². The largest absolute Gasteiger partial charge is 0.453 e. The Labute approximate surface area is 205 Å². The number of rotatable bonds is 3. The van der Waals surface area contributed by atoms with Gasteiger partial charge in [0.2, 0.25) is 5.95 Å². The molecule has 1 atom stereocenters. The van der Waals surface area contributed by atoms with Gasteiger partial charge in [0.25, 0.3) is 11.7 Å². The van der Waals surface area contributed by atoms with Crippen molar-refractivity contribution in [2.45, 2.75) is 45.8 Å². The average molecular weight is 496 g/mol. The maximum Gasteiger partial charge on any atom is 0.453 e. The Bertz CT molecular complexity index is 1400. The predicted octanol–water partition coefficient (Wildman–Crippen LogP) is 5.52. The quantitative estimate of drug-likeness (QED) is 0.500. The first-order valence-corrected chi connectivity index (χ1v) is 11.5. The molecular weight excluding hydrogens is 471 g/mol. The van der Waals surface area contributed by atoms with Gasteiger partial charge in [0, 0.05) is 28.9 Å². The van der Waals surface area contributed by atoms with Crippen LogP contribution in [-0.2, 0) is 11.0 Å². The minimum absolute atomic E-state index is 0.0781. The number of aryl methyl sites for hydroxylation is 1. The van der Waals surface area contributed by atoms with Crippen LogP contribution in [-0.4, -0.2) is 26.5 Å². The van der Waals surface area contributed by atoms with Crippen LogP contribution in [0.3, 0.4) is 0 Å². The molecular formula is C26H24F3N5O2. The molecule has 0 radical (unpaired) electrons. The van der Waals surface area contributed by atoms with Gasteiger partial charge in [-0.15, -0.1) is 5.10 Å². The number of hydrogen-bond donors (Lipinski definition) is 2. The molecule has 0 fully saturated rings. The van der Waals surface area contributed by atoms with Crippen molar-refractivity contribution in [2.24, 2.45) is 5.41 Å². The Balaban J connectivity index is 1.57. The number of fused-ring (bicyclic) bond motifs is 1. The van der Waals surface area contributed by atoms with Crippen LogP contribution in [0.5, 0.6) is 0 Å². The second kappa shape index (κ2) is 8.32. The molecule has 0 unspecified atom stereocenters. The zero-order valence-corrected chi connectivity index (χ0v) is 19.9. The van der Waals surface area contributed by atoms with Crippen molar-refractivity contribution < 1.29 is 22.8 Å². The number of aromatic nitrogens is 3. The van der Waals surface area contributed by atoms with Crippen LogP contribution in [0.25, 0.3) is 0 Å². The van der Waals surface area contributed by atoms with E-state index in [1.807, 2.05) is 32.9 Å². The highest BCUT2D eigenvalue weighted by atomic mass is 19.4. The predicted molar refractivity (Wildman–Crippen MR) is 127 cm³/mol. The van der Waals surface area contributed by atoms with Crippen LogP contribution in [0, 0.1) is 12.3 Å². The number of alkyl halides is 3. The SMILES string of the molecule is Cc1ccc(C(=O)Nc2cccc([C@@H]3C4=C(CC(C)(C)CC4=O)Nc4nc(C(F)(F)F)nn43)c2)cc1. The molecule has 0 bridgehead atoms. The summed E-state index contributed by atoms with van der Waals surface area (Å²) in [6.45, 7) is 5.80. The van der Waals surface area contributed by atoms with Crippen molar-refractivity contribution in [3.05, 3.63) is 82.3 Å². The van der Waals surface area contributed by atoms with Crippen molar-refractivity contribution in [3.63, 3.8) is 0 Å². The number of carbonyl (C=O) groups excluding carboxylic acids is 2. The van der Waals surface area contributed by atoms with Gasteiger partial charge in [-0.3, -0.25) is 9.59 Å². The summed E-state index contributed by atoms with van der Waals surface area (Å²) in [5.41, 5.74) is 3.00. The van der Waals surface area contributed by atoms with Crippen molar-refractivity contribution in [2.75, 3.05) is 10.6 Å². The second-order valence-corrected chi connectivity index (χ2v) is 10.0. The van der Waals surface area contributed by atoms with Gasteiger partial charge in [-0.25, -0.2) is 4.68 Å². The first-order valence-electron chi connectivity index (χ1n) is 11.5. The molecule has 2 aliphatic rings. The Hall–Kier alpha value is -3.95. The number of nitrogens with zero attached hydrogens (tertiary/aromatic N) is 3. The van der Waals surface area contributed by atoms with Gasteiger partial charge in [-0.1, -0.05) is 43.7 Å². The van der Waals surface area contributed by atoms with E-state index < -0.39 is 18.0 Å². The van der Waals surface area contributed by atoms with E-state index in [9.17, 15) is 22.8 Å². The highest BCUT2D eigenvalue weighted by Crippen LogP contribution is 2.46. The lowest BCUT2D eigenvalue weighted by molar-refractivity contribution is -0.145. The monoisotopic (exact) mass is 495 g/mol. The first-order chi connectivity index (χ1) is 16.9. The Morgan fingerprint density at radius 3 is 2.56 bits per heavy atom. The molecule has 10 heteroatoms. The van der Waals surface area contributed by atoms with Crippen LogP contribution in [0.1, 0.15) is 60.0 Å². The summed E-state index contributed by atoms with van der Waals surface area (Å²) in [6.07, 6.45) is -4.02. The van der Waals surface area contributed by atoms with Crippen LogP contribution in [0.15, 0.2) is 59.8 Å². The summed E-state index contributed by atoms with van der Waals surface area (Å²) < 4.78 is 41.5. The molecule has 0 spiro atoms. The van der Waals surface area contributed by atoms with Crippen LogP contribution in [0.2, 0.25) is 0 Å². The highest BCUT2D eigenvalue weighted by molar-refractivity contribution is 6.04. The molecule has 1 amide bonds. The minimum Gasteiger partial charge on any atom is -0.328 e. The van der Waals surface area contributed by atoms with E-state index >= 15 is 0 Å². The molecule has 0 saturated heterocycles. The number of carbonyl (C=O) groups is 2. The molecule has 1 aliphatic heterocycles.